The van der Waals surface area contributed by atoms with E-state index in [1.54, 1.807) is 39.1 Å². The molecule has 2 aliphatic rings. The summed E-state index contributed by atoms with van der Waals surface area (Å²) in [6.45, 7) is 6.04. The summed E-state index contributed by atoms with van der Waals surface area (Å²) in [5, 5.41) is 3.40. The monoisotopic (exact) mass is 547 g/mol. The molecular formula is C27H34ClN3O5S. The third kappa shape index (κ3) is 7.30. The van der Waals surface area contributed by atoms with E-state index in [4.69, 9.17) is 21.2 Å². The Labute approximate surface area is 226 Å². The van der Waals surface area contributed by atoms with Crippen LogP contribution in [-0.4, -0.2) is 34.5 Å². The zero-order valence-electron chi connectivity index (χ0n) is 21.5. The Balaban J connectivity index is 1.60. The molecule has 1 aliphatic carbocycles. The van der Waals surface area contributed by atoms with Crippen LogP contribution in [0.4, 0.5) is 4.79 Å². The van der Waals surface area contributed by atoms with E-state index in [0.717, 1.165) is 18.4 Å². The minimum absolute atomic E-state index is 0.246. The molecule has 10 heteroatoms. The van der Waals surface area contributed by atoms with Crippen LogP contribution in [0.2, 0.25) is 5.02 Å². The van der Waals surface area contributed by atoms with Gasteiger partial charge in [-0.3, -0.25) is 14.4 Å². The molecule has 1 aromatic carbocycles. The maximum atomic E-state index is 13.6. The van der Waals surface area contributed by atoms with Gasteiger partial charge in [-0.1, -0.05) is 43.0 Å². The van der Waals surface area contributed by atoms with Crippen LogP contribution in [0.3, 0.4) is 0 Å². The Hall–Kier alpha value is -2.49. The van der Waals surface area contributed by atoms with Crippen LogP contribution in [-0.2, 0) is 16.1 Å². The number of ether oxygens (including phenoxy) is 1. The zero-order chi connectivity index (χ0) is 26.6. The van der Waals surface area contributed by atoms with E-state index < -0.39 is 23.6 Å². The highest BCUT2D eigenvalue weighted by Gasteiger charge is 2.34. The van der Waals surface area contributed by atoms with Crippen molar-refractivity contribution in [2.24, 2.45) is 5.92 Å². The Morgan fingerprint density at radius 2 is 1.84 bits per heavy atom. The second kappa shape index (κ2) is 11.9. The predicted octanol–water partition coefficient (Wildman–Crippen LogP) is 5.46. The van der Waals surface area contributed by atoms with Gasteiger partial charge in [-0.25, -0.2) is 10.3 Å². The predicted molar refractivity (Wildman–Crippen MR) is 144 cm³/mol. The molecule has 1 atom stereocenters. The average Bonchev–Trinajstić information content (AvgIpc) is 3.25. The second-order valence-corrected chi connectivity index (χ2v) is 12.1. The van der Waals surface area contributed by atoms with Crippen molar-refractivity contribution in [3.05, 3.63) is 62.5 Å². The van der Waals surface area contributed by atoms with E-state index >= 15 is 0 Å². The fourth-order valence-corrected chi connectivity index (χ4v) is 6.04. The minimum atomic E-state index is -0.676. The Kier molecular flexibility index (Phi) is 8.87. The van der Waals surface area contributed by atoms with E-state index in [2.05, 4.69) is 10.8 Å². The van der Waals surface area contributed by atoms with Gasteiger partial charge in [0.25, 0.3) is 11.5 Å². The number of pyridine rings is 1. The Bertz CT molecular complexity index is 1190. The van der Waals surface area contributed by atoms with Gasteiger partial charge in [-0.15, -0.1) is 11.8 Å². The third-order valence-corrected chi connectivity index (χ3v) is 7.90. The van der Waals surface area contributed by atoms with Crippen molar-refractivity contribution in [2.75, 3.05) is 12.4 Å². The molecule has 1 fully saturated rings. The molecule has 37 heavy (non-hydrogen) atoms. The van der Waals surface area contributed by atoms with E-state index in [1.807, 2.05) is 12.1 Å². The molecular weight excluding hydrogens is 514 g/mol. The van der Waals surface area contributed by atoms with Crippen LogP contribution in [0.15, 0.2) is 40.2 Å². The van der Waals surface area contributed by atoms with Crippen molar-refractivity contribution >= 4 is 35.4 Å². The molecule has 0 unspecified atom stereocenters. The normalized spacial score (nSPS) is 17.8. The van der Waals surface area contributed by atoms with Crippen molar-refractivity contribution in [3.8, 4) is 0 Å². The van der Waals surface area contributed by atoms with Crippen LogP contribution >= 0.6 is 23.4 Å². The first-order chi connectivity index (χ1) is 17.6. The number of rotatable bonds is 7. The molecule has 1 aliphatic heterocycles. The number of aromatic nitrogens is 1. The molecule has 4 rings (SSSR count). The van der Waals surface area contributed by atoms with Crippen LogP contribution in [0.5, 0.6) is 0 Å². The number of fused-ring (bicyclic) bond motifs is 1. The third-order valence-electron chi connectivity index (χ3n) is 6.42. The summed E-state index contributed by atoms with van der Waals surface area (Å²) < 4.78 is 6.89. The fraction of sp³-hybridized carbons (Fsp3) is 0.519. The lowest BCUT2D eigenvalue weighted by atomic mass is 9.90. The van der Waals surface area contributed by atoms with Crippen LogP contribution < -0.4 is 16.4 Å². The molecule has 0 radical (unpaired) electrons. The minimum Gasteiger partial charge on any atom is -0.444 e. The Morgan fingerprint density at radius 3 is 2.51 bits per heavy atom. The number of hydrogen-bond donors (Lipinski definition) is 2. The number of nitrogens with zero attached hydrogens (tertiary/aromatic N) is 1. The molecule has 0 bridgehead atoms. The number of hydroxylamine groups is 1. The van der Waals surface area contributed by atoms with Gasteiger partial charge in [0.05, 0.1) is 30.3 Å². The van der Waals surface area contributed by atoms with Crippen LogP contribution in [0, 0.1) is 5.92 Å². The molecule has 2 aromatic rings. The van der Waals surface area contributed by atoms with Crippen LogP contribution in [0.25, 0.3) is 0 Å². The number of nitrogens with one attached hydrogen (secondary N) is 2. The molecule has 200 valence electrons. The summed E-state index contributed by atoms with van der Waals surface area (Å²) >= 11 is 7.38. The highest BCUT2D eigenvalue weighted by atomic mass is 35.5. The molecule has 2 heterocycles. The number of carbonyl (C=O) groups excluding carboxylic acids is 2. The van der Waals surface area contributed by atoms with E-state index in [9.17, 15) is 14.4 Å². The maximum Gasteiger partial charge on any atom is 0.408 e. The van der Waals surface area contributed by atoms with E-state index in [-0.39, 0.29) is 12.1 Å². The quantitative estimate of drug-likeness (QED) is 0.446. The Morgan fingerprint density at radius 1 is 1.14 bits per heavy atom. The zero-order valence-corrected chi connectivity index (χ0v) is 23.0. The number of halogens is 1. The molecule has 1 aromatic heterocycles. The van der Waals surface area contributed by atoms with Crippen molar-refractivity contribution in [2.45, 2.75) is 76.0 Å². The molecule has 2 N–H and O–H groups in total. The summed E-state index contributed by atoms with van der Waals surface area (Å²) in [6, 6.07) is 6.59. The number of hydrogen-bond acceptors (Lipinski definition) is 6. The molecule has 0 saturated heterocycles. The summed E-state index contributed by atoms with van der Waals surface area (Å²) in [5.74, 6) is 0.440. The first-order valence-corrected chi connectivity index (χ1v) is 14.0. The van der Waals surface area contributed by atoms with Crippen molar-refractivity contribution in [1.29, 1.82) is 0 Å². The van der Waals surface area contributed by atoms with Gasteiger partial charge >= 0.3 is 6.09 Å². The lowest BCUT2D eigenvalue weighted by Gasteiger charge is -2.22. The van der Waals surface area contributed by atoms with Crippen molar-refractivity contribution in [1.82, 2.24) is 15.4 Å². The SMILES string of the molecule is CC(C)(C)OC(=O)N[C@H]1CSc2c(C(=O)NOCC3CCCCC3)cn(Cc3ccc(Cl)cc3)c(=O)c21. The van der Waals surface area contributed by atoms with Crippen molar-refractivity contribution in [3.63, 3.8) is 0 Å². The first kappa shape index (κ1) is 27.5. The lowest BCUT2D eigenvalue weighted by Crippen LogP contribution is -2.38. The molecule has 8 nitrogen and oxygen atoms in total. The number of thioether (sulfide) groups is 1. The lowest BCUT2D eigenvalue weighted by molar-refractivity contribution is 0.0104. The summed E-state index contributed by atoms with van der Waals surface area (Å²) in [4.78, 5) is 45.4. The van der Waals surface area contributed by atoms with E-state index in [0.29, 0.717) is 39.3 Å². The molecule has 2 amide bonds. The topological polar surface area (TPSA) is 98.7 Å². The van der Waals surface area contributed by atoms with Gasteiger partial charge in [-0.2, -0.15) is 0 Å². The average molecular weight is 548 g/mol. The highest BCUT2D eigenvalue weighted by Crippen LogP contribution is 2.39. The van der Waals surface area contributed by atoms with Gasteiger partial charge in [0, 0.05) is 21.9 Å². The van der Waals surface area contributed by atoms with Crippen LogP contribution in [0.1, 0.15) is 80.4 Å². The number of amides is 2. The molecule has 1 saturated carbocycles. The fourth-order valence-electron chi connectivity index (χ4n) is 4.65. The summed E-state index contributed by atoms with van der Waals surface area (Å²) in [5.41, 5.74) is 3.21. The second-order valence-electron chi connectivity index (χ2n) is 10.6. The van der Waals surface area contributed by atoms with E-state index in [1.165, 1.54) is 35.6 Å². The smallest absolute Gasteiger partial charge is 0.408 e. The summed E-state index contributed by atoms with van der Waals surface area (Å²) in [6.07, 6.45) is 6.79. The largest absolute Gasteiger partial charge is 0.444 e. The van der Waals surface area contributed by atoms with Gasteiger partial charge in [-0.05, 0) is 57.2 Å². The standard InChI is InChI=1S/C27H34ClN3O5S/c1-27(2,3)36-26(34)29-21-16-37-23-20(24(32)30-35-15-18-7-5-4-6-8-18)14-31(25(33)22(21)23)13-17-9-11-19(28)12-10-17/h9-12,14,18,21H,4-8,13,15-16H2,1-3H3,(H,29,34)(H,30,32)/t21-/m0/s1. The summed E-state index contributed by atoms with van der Waals surface area (Å²) in [7, 11) is 0. The highest BCUT2D eigenvalue weighted by molar-refractivity contribution is 7.99. The maximum absolute atomic E-state index is 13.6. The van der Waals surface area contributed by atoms with Gasteiger partial charge in [0.1, 0.15) is 5.60 Å². The van der Waals surface area contributed by atoms with Gasteiger partial charge in [0.15, 0.2) is 0 Å². The number of carbonyl (C=O) groups is 2. The van der Waals surface area contributed by atoms with Crippen molar-refractivity contribution < 1.29 is 19.2 Å². The number of alkyl carbamates (subject to hydrolysis) is 1. The molecule has 0 spiro atoms. The van der Waals surface area contributed by atoms with Gasteiger partial charge < -0.3 is 14.6 Å². The first-order valence-electron chi connectivity index (χ1n) is 12.7. The number of benzene rings is 1. The van der Waals surface area contributed by atoms with Gasteiger partial charge in [0.2, 0.25) is 0 Å².